The van der Waals surface area contributed by atoms with Gasteiger partial charge in [-0.1, -0.05) is 0 Å². The van der Waals surface area contributed by atoms with Crippen molar-refractivity contribution in [2.75, 3.05) is 5.73 Å². The molecule has 1 aromatic heterocycles. The second-order valence-corrected chi connectivity index (χ2v) is 3.28. The predicted molar refractivity (Wildman–Crippen MR) is 49.4 cm³/mol. The molecular weight excluding hydrogens is 209 g/mol. The number of nitrogen functional groups attached to an aromatic ring is 1. The second-order valence-electron chi connectivity index (χ2n) is 3.28. The molecule has 0 aliphatic carbocycles. The lowest BCUT2D eigenvalue weighted by atomic mass is 10.2. The Bertz CT molecular complexity index is 350. The van der Waals surface area contributed by atoms with Gasteiger partial charge in [0.05, 0.1) is 11.7 Å². The number of pyridine rings is 1. The number of aromatic nitrogens is 1. The molecule has 1 rings (SSSR count). The third kappa shape index (κ3) is 3.30. The molecule has 0 aromatic carbocycles. The summed E-state index contributed by atoms with van der Waals surface area (Å²) in [5.41, 5.74) is 4.38. The van der Waals surface area contributed by atoms with E-state index in [0.717, 1.165) is 12.1 Å². The Morgan fingerprint density at radius 3 is 2.40 bits per heavy atom. The largest absolute Gasteiger partial charge is 0.475 e. The molecule has 0 saturated heterocycles. The zero-order chi connectivity index (χ0) is 11.6. The van der Waals surface area contributed by atoms with E-state index >= 15 is 0 Å². The fraction of sp³-hybridized carbons (Fsp3) is 0.444. The first-order chi connectivity index (χ1) is 6.79. The summed E-state index contributed by atoms with van der Waals surface area (Å²) in [6, 6.07) is 1.60. The fourth-order valence-corrected chi connectivity index (χ4v) is 0.991. The number of nitrogens with two attached hydrogens (primary N) is 1. The topological polar surface area (TPSA) is 48.1 Å². The number of hydrogen-bond donors (Lipinski definition) is 1. The molecule has 0 spiro atoms. The van der Waals surface area contributed by atoms with Gasteiger partial charge in [-0.3, -0.25) is 0 Å². The van der Waals surface area contributed by atoms with Gasteiger partial charge in [0.1, 0.15) is 5.82 Å². The van der Waals surface area contributed by atoms with Gasteiger partial charge in [0.15, 0.2) is 0 Å². The Labute approximate surface area is 85.1 Å². The summed E-state index contributed by atoms with van der Waals surface area (Å²) in [5, 5.41) is 0. The first kappa shape index (κ1) is 11.6. The van der Waals surface area contributed by atoms with Crippen LogP contribution in [0.5, 0.6) is 5.88 Å². The molecular formula is C9H11F3N2O. The van der Waals surface area contributed by atoms with Crippen molar-refractivity contribution in [2.45, 2.75) is 26.1 Å². The van der Waals surface area contributed by atoms with Gasteiger partial charge in [0.25, 0.3) is 0 Å². The number of hydrogen-bond acceptors (Lipinski definition) is 3. The van der Waals surface area contributed by atoms with Crippen LogP contribution in [0.2, 0.25) is 0 Å². The number of halogens is 3. The van der Waals surface area contributed by atoms with Crippen molar-refractivity contribution in [3.63, 3.8) is 0 Å². The van der Waals surface area contributed by atoms with Crippen LogP contribution in [0.4, 0.5) is 19.0 Å². The van der Waals surface area contributed by atoms with E-state index in [1.807, 2.05) is 0 Å². The van der Waals surface area contributed by atoms with Crippen LogP contribution < -0.4 is 10.5 Å². The maximum Gasteiger partial charge on any atom is 0.416 e. The number of rotatable bonds is 2. The smallest absolute Gasteiger partial charge is 0.416 e. The minimum absolute atomic E-state index is 0.114. The molecule has 0 aliphatic rings. The van der Waals surface area contributed by atoms with Crippen LogP contribution >= 0.6 is 0 Å². The van der Waals surface area contributed by atoms with Crippen LogP contribution in [0.3, 0.4) is 0 Å². The van der Waals surface area contributed by atoms with Crippen LogP contribution in [-0.4, -0.2) is 11.1 Å². The third-order valence-corrected chi connectivity index (χ3v) is 1.51. The highest BCUT2D eigenvalue weighted by Crippen LogP contribution is 2.32. The SMILES string of the molecule is CC(C)Oc1cc(C(F)(F)F)cc(N)n1. The normalized spacial score (nSPS) is 11.9. The quantitative estimate of drug-likeness (QED) is 0.832. The molecule has 15 heavy (non-hydrogen) atoms. The van der Waals surface area contributed by atoms with Crippen molar-refractivity contribution in [1.82, 2.24) is 4.98 Å². The van der Waals surface area contributed by atoms with E-state index in [2.05, 4.69) is 4.98 Å². The summed E-state index contributed by atoms with van der Waals surface area (Å²) in [6.45, 7) is 3.39. The lowest BCUT2D eigenvalue weighted by Gasteiger charge is -2.12. The monoisotopic (exact) mass is 220 g/mol. The van der Waals surface area contributed by atoms with E-state index < -0.39 is 11.7 Å². The predicted octanol–water partition coefficient (Wildman–Crippen LogP) is 2.47. The summed E-state index contributed by atoms with van der Waals surface area (Å²) < 4.78 is 42.1. The molecule has 6 heteroatoms. The highest BCUT2D eigenvalue weighted by atomic mass is 19.4. The molecule has 0 aliphatic heterocycles. The van der Waals surface area contributed by atoms with Crippen molar-refractivity contribution < 1.29 is 17.9 Å². The minimum atomic E-state index is -4.44. The van der Waals surface area contributed by atoms with Gasteiger partial charge in [-0.2, -0.15) is 18.2 Å². The molecule has 0 atom stereocenters. The Balaban J connectivity index is 3.06. The molecule has 1 aromatic rings. The summed E-state index contributed by atoms with van der Waals surface area (Å²) in [4.78, 5) is 3.64. The van der Waals surface area contributed by atoms with Gasteiger partial charge in [0, 0.05) is 6.07 Å². The van der Waals surface area contributed by atoms with E-state index in [-0.39, 0.29) is 17.8 Å². The first-order valence-electron chi connectivity index (χ1n) is 4.30. The molecule has 0 saturated carbocycles. The summed E-state index contributed by atoms with van der Waals surface area (Å²) in [7, 11) is 0. The van der Waals surface area contributed by atoms with Crippen LogP contribution in [0.15, 0.2) is 12.1 Å². The minimum Gasteiger partial charge on any atom is -0.475 e. The lowest BCUT2D eigenvalue weighted by molar-refractivity contribution is -0.137. The Kier molecular flexibility index (Phi) is 3.06. The van der Waals surface area contributed by atoms with Crippen LogP contribution in [0.1, 0.15) is 19.4 Å². The zero-order valence-electron chi connectivity index (χ0n) is 8.30. The Hall–Kier alpha value is -1.46. The van der Waals surface area contributed by atoms with Gasteiger partial charge in [0.2, 0.25) is 5.88 Å². The average Bonchev–Trinajstić information content (AvgIpc) is 1.99. The second kappa shape index (κ2) is 3.96. The fourth-order valence-electron chi connectivity index (χ4n) is 0.991. The molecule has 0 bridgehead atoms. The maximum atomic E-state index is 12.3. The van der Waals surface area contributed by atoms with E-state index in [1.165, 1.54) is 0 Å². The molecule has 0 radical (unpaired) electrons. The standard InChI is InChI=1S/C9H11F3N2O/c1-5(2)15-8-4-6(9(10,11)12)3-7(13)14-8/h3-5H,1-2H3,(H2,13,14). The maximum absolute atomic E-state index is 12.3. The highest BCUT2D eigenvalue weighted by molar-refractivity contribution is 5.38. The van der Waals surface area contributed by atoms with E-state index in [0.29, 0.717) is 0 Å². The third-order valence-electron chi connectivity index (χ3n) is 1.51. The summed E-state index contributed by atoms with van der Waals surface area (Å²) in [6.07, 6.45) is -4.69. The first-order valence-corrected chi connectivity index (χ1v) is 4.30. The van der Waals surface area contributed by atoms with Crippen molar-refractivity contribution in [3.8, 4) is 5.88 Å². The number of nitrogens with zero attached hydrogens (tertiary/aromatic N) is 1. The molecule has 0 fully saturated rings. The Morgan fingerprint density at radius 2 is 1.93 bits per heavy atom. The average molecular weight is 220 g/mol. The molecule has 1 heterocycles. The van der Waals surface area contributed by atoms with Gasteiger partial charge < -0.3 is 10.5 Å². The van der Waals surface area contributed by atoms with Gasteiger partial charge >= 0.3 is 6.18 Å². The zero-order valence-corrected chi connectivity index (χ0v) is 8.30. The van der Waals surface area contributed by atoms with E-state index in [4.69, 9.17) is 10.5 Å². The van der Waals surface area contributed by atoms with Crippen LogP contribution in [0, 0.1) is 0 Å². The Morgan fingerprint density at radius 1 is 1.33 bits per heavy atom. The van der Waals surface area contributed by atoms with Crippen molar-refractivity contribution in [3.05, 3.63) is 17.7 Å². The van der Waals surface area contributed by atoms with Crippen LogP contribution in [0.25, 0.3) is 0 Å². The van der Waals surface area contributed by atoms with Gasteiger partial charge in [-0.25, -0.2) is 0 Å². The number of anilines is 1. The van der Waals surface area contributed by atoms with Crippen molar-refractivity contribution in [2.24, 2.45) is 0 Å². The van der Waals surface area contributed by atoms with Crippen molar-refractivity contribution >= 4 is 5.82 Å². The van der Waals surface area contributed by atoms with Crippen LogP contribution in [-0.2, 0) is 6.18 Å². The molecule has 84 valence electrons. The van der Waals surface area contributed by atoms with E-state index in [9.17, 15) is 13.2 Å². The summed E-state index contributed by atoms with van der Waals surface area (Å²) >= 11 is 0. The van der Waals surface area contributed by atoms with E-state index in [1.54, 1.807) is 13.8 Å². The highest BCUT2D eigenvalue weighted by Gasteiger charge is 2.31. The molecule has 0 amide bonds. The lowest BCUT2D eigenvalue weighted by Crippen LogP contribution is -2.11. The van der Waals surface area contributed by atoms with Gasteiger partial charge in [-0.15, -0.1) is 0 Å². The van der Waals surface area contributed by atoms with Crippen molar-refractivity contribution in [1.29, 1.82) is 0 Å². The number of alkyl halides is 3. The molecule has 0 unspecified atom stereocenters. The summed E-state index contributed by atoms with van der Waals surface area (Å²) in [5.74, 6) is -0.321. The van der Waals surface area contributed by atoms with Gasteiger partial charge in [-0.05, 0) is 19.9 Å². The molecule has 2 N–H and O–H groups in total. The molecule has 3 nitrogen and oxygen atoms in total. The number of ether oxygens (including phenoxy) is 1.